The quantitative estimate of drug-likeness (QED) is 0.605. The summed E-state index contributed by atoms with van der Waals surface area (Å²) in [7, 11) is 0. The molecule has 0 aliphatic heterocycles. The first-order valence-electron chi connectivity index (χ1n) is 11.1. The average Bonchev–Trinajstić information content (AvgIpc) is 3.21. The third kappa shape index (κ3) is 6.21. The standard InChI is InChI=1S/C23H36N2O3/c1-2-15-28-22-16-18(9-12-21(22)25-19-5-3-4-6-19)23(27)24-14-13-17-7-10-20(26)11-8-17/h7-8,10-11,18-19,21-22,25-26H,2-6,9,12-16H2,1H3,(H,24,27)/t18-,21-,22-/m0/s1. The number of aromatic hydroxyl groups is 1. The molecule has 3 atom stereocenters. The molecule has 0 unspecified atom stereocenters. The van der Waals surface area contributed by atoms with E-state index in [1.165, 1.54) is 25.7 Å². The summed E-state index contributed by atoms with van der Waals surface area (Å²) in [5.41, 5.74) is 1.12. The third-order valence-corrected chi connectivity index (χ3v) is 6.15. The molecule has 1 amide bonds. The summed E-state index contributed by atoms with van der Waals surface area (Å²) < 4.78 is 6.15. The van der Waals surface area contributed by atoms with Crippen LogP contribution in [0.4, 0.5) is 0 Å². The lowest BCUT2D eigenvalue weighted by Crippen LogP contribution is -2.51. The molecule has 5 heteroatoms. The van der Waals surface area contributed by atoms with Gasteiger partial charge in [0.15, 0.2) is 0 Å². The molecule has 1 aromatic rings. The van der Waals surface area contributed by atoms with Crippen LogP contribution in [0.25, 0.3) is 0 Å². The fraction of sp³-hybridized carbons (Fsp3) is 0.696. The van der Waals surface area contributed by atoms with Crippen LogP contribution in [0.2, 0.25) is 0 Å². The van der Waals surface area contributed by atoms with E-state index in [0.29, 0.717) is 18.6 Å². The topological polar surface area (TPSA) is 70.6 Å². The molecular weight excluding hydrogens is 352 g/mol. The summed E-state index contributed by atoms with van der Waals surface area (Å²) in [6.45, 7) is 3.53. The van der Waals surface area contributed by atoms with Crippen molar-refractivity contribution >= 4 is 5.91 Å². The maximum absolute atomic E-state index is 12.7. The number of hydrogen-bond acceptors (Lipinski definition) is 4. The Morgan fingerprint density at radius 1 is 1.14 bits per heavy atom. The highest BCUT2D eigenvalue weighted by Crippen LogP contribution is 2.29. The number of benzene rings is 1. The first-order valence-corrected chi connectivity index (χ1v) is 11.1. The summed E-state index contributed by atoms with van der Waals surface area (Å²) in [4.78, 5) is 12.7. The van der Waals surface area contributed by atoms with Gasteiger partial charge in [0.1, 0.15) is 5.75 Å². The number of ether oxygens (including phenoxy) is 1. The van der Waals surface area contributed by atoms with Crippen LogP contribution in [0.1, 0.15) is 63.9 Å². The van der Waals surface area contributed by atoms with Gasteiger partial charge in [-0.15, -0.1) is 0 Å². The molecule has 3 rings (SSSR count). The van der Waals surface area contributed by atoms with Gasteiger partial charge in [-0.2, -0.15) is 0 Å². The van der Waals surface area contributed by atoms with Gasteiger partial charge in [0.25, 0.3) is 0 Å². The Morgan fingerprint density at radius 3 is 2.61 bits per heavy atom. The molecule has 0 spiro atoms. The van der Waals surface area contributed by atoms with Gasteiger partial charge in [0, 0.05) is 31.2 Å². The Bertz CT molecular complexity index is 598. The van der Waals surface area contributed by atoms with Gasteiger partial charge in [-0.1, -0.05) is 31.9 Å². The lowest BCUT2D eigenvalue weighted by atomic mass is 9.82. The second-order valence-corrected chi connectivity index (χ2v) is 8.38. The second-order valence-electron chi connectivity index (χ2n) is 8.38. The minimum atomic E-state index is 0.0447. The largest absolute Gasteiger partial charge is 0.508 e. The number of phenols is 1. The van der Waals surface area contributed by atoms with E-state index in [2.05, 4.69) is 17.6 Å². The Morgan fingerprint density at radius 2 is 1.89 bits per heavy atom. The van der Waals surface area contributed by atoms with Crippen LogP contribution in [-0.2, 0) is 16.0 Å². The van der Waals surface area contributed by atoms with Crippen LogP contribution in [0.15, 0.2) is 24.3 Å². The zero-order valence-corrected chi connectivity index (χ0v) is 17.2. The molecule has 0 aromatic heterocycles. The molecule has 3 N–H and O–H groups in total. The minimum absolute atomic E-state index is 0.0447. The normalized spacial score (nSPS) is 25.7. The molecule has 2 aliphatic rings. The van der Waals surface area contributed by atoms with Crippen molar-refractivity contribution in [1.29, 1.82) is 0 Å². The lowest BCUT2D eigenvalue weighted by molar-refractivity contribution is -0.128. The maximum atomic E-state index is 12.7. The summed E-state index contributed by atoms with van der Waals surface area (Å²) in [6.07, 6.45) is 9.90. The van der Waals surface area contributed by atoms with Crippen molar-refractivity contribution in [2.45, 2.75) is 82.9 Å². The van der Waals surface area contributed by atoms with E-state index < -0.39 is 0 Å². The van der Waals surface area contributed by atoms with Gasteiger partial charge >= 0.3 is 0 Å². The summed E-state index contributed by atoms with van der Waals surface area (Å²) in [5, 5.41) is 16.3. The Hall–Kier alpha value is -1.59. The highest BCUT2D eigenvalue weighted by atomic mass is 16.5. The first kappa shape index (κ1) is 21.1. The molecular formula is C23H36N2O3. The van der Waals surface area contributed by atoms with Gasteiger partial charge < -0.3 is 20.5 Å². The summed E-state index contributed by atoms with van der Waals surface area (Å²) >= 11 is 0. The molecule has 2 fully saturated rings. The smallest absolute Gasteiger partial charge is 0.223 e. The molecule has 0 bridgehead atoms. The van der Waals surface area contributed by atoms with Gasteiger partial charge in [0.05, 0.1) is 6.10 Å². The molecule has 0 radical (unpaired) electrons. The molecule has 2 saturated carbocycles. The molecule has 5 nitrogen and oxygen atoms in total. The predicted octanol–water partition coefficient (Wildman–Crippen LogP) is 3.55. The van der Waals surface area contributed by atoms with Crippen LogP contribution >= 0.6 is 0 Å². The van der Waals surface area contributed by atoms with E-state index in [9.17, 15) is 9.90 Å². The first-order chi connectivity index (χ1) is 13.7. The van der Waals surface area contributed by atoms with E-state index in [0.717, 1.165) is 44.3 Å². The predicted molar refractivity (Wildman–Crippen MR) is 111 cm³/mol. The van der Waals surface area contributed by atoms with E-state index in [4.69, 9.17) is 4.74 Å². The fourth-order valence-corrected chi connectivity index (χ4v) is 4.54. The van der Waals surface area contributed by atoms with Crippen molar-refractivity contribution in [2.24, 2.45) is 5.92 Å². The van der Waals surface area contributed by atoms with Gasteiger partial charge in [0.2, 0.25) is 5.91 Å². The van der Waals surface area contributed by atoms with Crippen molar-refractivity contribution in [3.63, 3.8) is 0 Å². The number of amides is 1. The summed E-state index contributed by atoms with van der Waals surface area (Å²) in [6, 6.07) is 8.19. The number of carbonyl (C=O) groups is 1. The van der Waals surface area contributed by atoms with E-state index >= 15 is 0 Å². The lowest BCUT2D eigenvalue weighted by Gasteiger charge is -2.37. The van der Waals surface area contributed by atoms with Crippen LogP contribution in [0.3, 0.4) is 0 Å². The van der Waals surface area contributed by atoms with Crippen LogP contribution in [0.5, 0.6) is 5.75 Å². The zero-order chi connectivity index (χ0) is 19.8. The molecule has 0 heterocycles. The number of hydrogen-bond donors (Lipinski definition) is 3. The van der Waals surface area contributed by atoms with Crippen LogP contribution in [-0.4, -0.2) is 42.4 Å². The molecule has 1 aromatic carbocycles. The highest BCUT2D eigenvalue weighted by molar-refractivity contribution is 5.78. The van der Waals surface area contributed by atoms with Crippen molar-refractivity contribution in [2.75, 3.05) is 13.2 Å². The number of carbonyl (C=O) groups excluding carboxylic acids is 1. The average molecular weight is 389 g/mol. The van der Waals surface area contributed by atoms with E-state index in [-0.39, 0.29) is 23.7 Å². The zero-order valence-electron chi connectivity index (χ0n) is 17.2. The summed E-state index contributed by atoms with van der Waals surface area (Å²) in [5.74, 6) is 0.473. The monoisotopic (exact) mass is 388 g/mol. The molecule has 2 aliphatic carbocycles. The maximum Gasteiger partial charge on any atom is 0.223 e. The highest BCUT2D eigenvalue weighted by Gasteiger charge is 2.35. The Labute approximate surface area is 169 Å². The van der Waals surface area contributed by atoms with Crippen LogP contribution in [0, 0.1) is 5.92 Å². The Balaban J connectivity index is 1.46. The Kier molecular flexibility index (Phi) is 8.16. The van der Waals surface area contributed by atoms with Crippen molar-refractivity contribution in [3.8, 4) is 5.75 Å². The second kappa shape index (κ2) is 10.8. The van der Waals surface area contributed by atoms with Gasteiger partial charge in [-0.25, -0.2) is 0 Å². The van der Waals surface area contributed by atoms with E-state index in [1.807, 2.05) is 12.1 Å². The minimum Gasteiger partial charge on any atom is -0.508 e. The van der Waals surface area contributed by atoms with Crippen LogP contribution < -0.4 is 10.6 Å². The number of phenolic OH excluding ortho intramolecular Hbond substituents is 1. The molecule has 28 heavy (non-hydrogen) atoms. The van der Waals surface area contributed by atoms with E-state index in [1.54, 1.807) is 12.1 Å². The van der Waals surface area contributed by atoms with Crippen molar-refractivity contribution < 1.29 is 14.6 Å². The third-order valence-electron chi connectivity index (χ3n) is 6.15. The van der Waals surface area contributed by atoms with Gasteiger partial charge in [-0.3, -0.25) is 4.79 Å². The SMILES string of the molecule is CCCO[C@H]1C[C@@H](C(=O)NCCc2ccc(O)cc2)CC[C@@H]1NC1CCCC1. The molecule has 0 saturated heterocycles. The van der Waals surface area contributed by atoms with Gasteiger partial charge in [-0.05, 0) is 62.6 Å². The number of rotatable bonds is 9. The molecule has 156 valence electrons. The number of nitrogens with one attached hydrogen (secondary N) is 2. The van der Waals surface area contributed by atoms with Crippen molar-refractivity contribution in [1.82, 2.24) is 10.6 Å². The van der Waals surface area contributed by atoms with Crippen molar-refractivity contribution in [3.05, 3.63) is 29.8 Å². The fourth-order valence-electron chi connectivity index (χ4n) is 4.54.